The molecular formula is C15H20F3NO. The zero-order valence-electron chi connectivity index (χ0n) is 11.3. The van der Waals surface area contributed by atoms with Crippen molar-refractivity contribution in [2.24, 2.45) is 5.92 Å². The highest BCUT2D eigenvalue weighted by atomic mass is 19.4. The molecule has 0 radical (unpaired) electrons. The van der Waals surface area contributed by atoms with Crippen LogP contribution in [-0.2, 0) is 12.7 Å². The Hall–Kier alpha value is -1.07. The van der Waals surface area contributed by atoms with E-state index in [4.69, 9.17) is 5.11 Å². The molecule has 0 saturated heterocycles. The minimum Gasteiger partial charge on any atom is -0.396 e. The van der Waals surface area contributed by atoms with Crippen molar-refractivity contribution in [3.63, 3.8) is 0 Å². The van der Waals surface area contributed by atoms with Gasteiger partial charge in [-0.25, -0.2) is 0 Å². The summed E-state index contributed by atoms with van der Waals surface area (Å²) < 4.78 is 37.8. The molecular weight excluding hydrogens is 267 g/mol. The van der Waals surface area contributed by atoms with Crippen LogP contribution in [0.5, 0.6) is 0 Å². The smallest absolute Gasteiger partial charge is 0.396 e. The largest absolute Gasteiger partial charge is 0.416 e. The van der Waals surface area contributed by atoms with Gasteiger partial charge in [-0.3, -0.25) is 0 Å². The van der Waals surface area contributed by atoms with Crippen molar-refractivity contribution in [3.8, 4) is 0 Å². The number of alkyl halides is 3. The topological polar surface area (TPSA) is 32.3 Å². The fourth-order valence-corrected chi connectivity index (χ4v) is 2.67. The summed E-state index contributed by atoms with van der Waals surface area (Å²) in [4.78, 5) is 0. The third kappa shape index (κ3) is 4.21. The molecule has 1 aliphatic rings. The van der Waals surface area contributed by atoms with Crippen LogP contribution >= 0.6 is 0 Å². The lowest BCUT2D eigenvalue weighted by molar-refractivity contribution is -0.137. The Morgan fingerprint density at radius 2 is 1.85 bits per heavy atom. The summed E-state index contributed by atoms with van der Waals surface area (Å²) in [5, 5.41) is 12.4. The summed E-state index contributed by atoms with van der Waals surface area (Å²) in [6.45, 7) is 0.693. The Morgan fingerprint density at radius 3 is 2.45 bits per heavy atom. The van der Waals surface area contributed by atoms with Crippen LogP contribution in [0.1, 0.15) is 36.8 Å². The van der Waals surface area contributed by atoms with Gasteiger partial charge in [0.25, 0.3) is 0 Å². The Bertz CT molecular complexity index is 425. The number of benzene rings is 1. The number of aliphatic hydroxyl groups excluding tert-OH is 1. The number of hydrogen-bond acceptors (Lipinski definition) is 2. The zero-order valence-corrected chi connectivity index (χ0v) is 11.3. The predicted molar refractivity (Wildman–Crippen MR) is 71.1 cm³/mol. The molecule has 0 unspecified atom stereocenters. The molecule has 0 bridgehead atoms. The molecule has 1 aromatic carbocycles. The molecule has 5 heteroatoms. The lowest BCUT2D eigenvalue weighted by Crippen LogP contribution is -2.33. The van der Waals surface area contributed by atoms with Crippen molar-refractivity contribution in [1.82, 2.24) is 5.32 Å². The molecule has 1 aromatic rings. The first-order chi connectivity index (χ1) is 9.49. The molecule has 1 aliphatic carbocycles. The van der Waals surface area contributed by atoms with Gasteiger partial charge < -0.3 is 10.4 Å². The fourth-order valence-electron chi connectivity index (χ4n) is 2.67. The maximum Gasteiger partial charge on any atom is 0.416 e. The average Bonchev–Trinajstić information content (AvgIpc) is 2.45. The summed E-state index contributed by atoms with van der Waals surface area (Å²) in [6, 6.07) is 5.79. The van der Waals surface area contributed by atoms with Gasteiger partial charge in [-0.2, -0.15) is 13.2 Å². The van der Waals surface area contributed by atoms with E-state index in [1.165, 1.54) is 12.1 Å². The Morgan fingerprint density at radius 1 is 1.15 bits per heavy atom. The second-order valence-electron chi connectivity index (χ2n) is 5.48. The average molecular weight is 287 g/mol. The highest BCUT2D eigenvalue weighted by Gasteiger charge is 2.30. The molecule has 0 amide bonds. The van der Waals surface area contributed by atoms with E-state index in [0.29, 0.717) is 24.1 Å². The lowest BCUT2D eigenvalue weighted by Gasteiger charge is -2.28. The van der Waals surface area contributed by atoms with Gasteiger partial charge in [0.1, 0.15) is 0 Å². The monoisotopic (exact) mass is 287 g/mol. The van der Waals surface area contributed by atoms with E-state index < -0.39 is 11.7 Å². The number of aliphatic hydroxyl groups is 1. The second-order valence-corrected chi connectivity index (χ2v) is 5.48. The van der Waals surface area contributed by atoms with Gasteiger partial charge in [-0.05, 0) is 43.2 Å². The number of hydrogen-bond donors (Lipinski definition) is 2. The molecule has 20 heavy (non-hydrogen) atoms. The first-order valence-corrected chi connectivity index (χ1v) is 6.99. The van der Waals surface area contributed by atoms with Gasteiger partial charge in [-0.1, -0.05) is 18.2 Å². The van der Waals surface area contributed by atoms with Crippen LogP contribution in [0.25, 0.3) is 0 Å². The third-order valence-corrected chi connectivity index (χ3v) is 3.95. The van der Waals surface area contributed by atoms with E-state index in [-0.39, 0.29) is 6.61 Å². The zero-order chi connectivity index (χ0) is 14.6. The van der Waals surface area contributed by atoms with Gasteiger partial charge in [0.15, 0.2) is 0 Å². The van der Waals surface area contributed by atoms with Gasteiger partial charge in [0.2, 0.25) is 0 Å². The molecule has 0 aromatic heterocycles. The van der Waals surface area contributed by atoms with Gasteiger partial charge in [0, 0.05) is 19.2 Å². The predicted octanol–water partition coefficient (Wildman–Crippen LogP) is 3.35. The van der Waals surface area contributed by atoms with Crippen LogP contribution < -0.4 is 5.32 Å². The van der Waals surface area contributed by atoms with Crippen LogP contribution in [0, 0.1) is 5.92 Å². The molecule has 0 spiro atoms. The minimum absolute atomic E-state index is 0.236. The van der Waals surface area contributed by atoms with Crippen LogP contribution in [0.3, 0.4) is 0 Å². The van der Waals surface area contributed by atoms with E-state index in [1.54, 1.807) is 6.07 Å². The minimum atomic E-state index is -4.28. The number of rotatable bonds is 4. The van der Waals surface area contributed by atoms with Gasteiger partial charge in [0.05, 0.1) is 5.56 Å². The van der Waals surface area contributed by atoms with Crippen molar-refractivity contribution >= 4 is 0 Å². The molecule has 2 rings (SSSR count). The highest BCUT2D eigenvalue weighted by molar-refractivity contribution is 5.25. The Balaban J connectivity index is 1.85. The molecule has 2 N–H and O–H groups in total. The Labute approximate surface area is 117 Å². The van der Waals surface area contributed by atoms with Crippen molar-refractivity contribution in [2.75, 3.05) is 6.61 Å². The summed E-state index contributed by atoms with van der Waals surface area (Å²) in [5.74, 6) is 0.390. The summed E-state index contributed by atoms with van der Waals surface area (Å²) in [5.41, 5.74) is 0.0601. The summed E-state index contributed by atoms with van der Waals surface area (Å²) >= 11 is 0. The molecule has 0 heterocycles. The lowest BCUT2D eigenvalue weighted by atomic mass is 9.86. The Kier molecular flexibility index (Phi) is 5.05. The SMILES string of the molecule is OCC1CCC(NCc2cccc(C(F)(F)F)c2)CC1. The van der Waals surface area contributed by atoms with Crippen LogP contribution in [-0.4, -0.2) is 17.8 Å². The molecule has 112 valence electrons. The molecule has 0 atom stereocenters. The summed E-state index contributed by atoms with van der Waals surface area (Å²) in [7, 11) is 0. The normalized spacial score (nSPS) is 23.8. The molecule has 2 nitrogen and oxygen atoms in total. The van der Waals surface area contributed by atoms with E-state index in [2.05, 4.69) is 5.32 Å². The molecule has 1 fully saturated rings. The number of halogens is 3. The summed E-state index contributed by atoms with van der Waals surface area (Å²) in [6.07, 6.45) is -0.364. The van der Waals surface area contributed by atoms with E-state index in [9.17, 15) is 13.2 Å². The third-order valence-electron chi connectivity index (χ3n) is 3.95. The van der Waals surface area contributed by atoms with Crippen molar-refractivity contribution in [2.45, 2.75) is 44.4 Å². The van der Waals surface area contributed by atoms with Crippen LogP contribution in [0.2, 0.25) is 0 Å². The maximum absolute atomic E-state index is 12.6. The van der Waals surface area contributed by atoms with Gasteiger partial charge >= 0.3 is 6.18 Å². The molecule has 1 saturated carbocycles. The van der Waals surface area contributed by atoms with E-state index in [0.717, 1.165) is 31.7 Å². The first kappa shape index (κ1) is 15.3. The van der Waals surface area contributed by atoms with E-state index in [1.807, 2.05) is 0 Å². The van der Waals surface area contributed by atoms with Crippen LogP contribution in [0.15, 0.2) is 24.3 Å². The van der Waals surface area contributed by atoms with Crippen molar-refractivity contribution in [1.29, 1.82) is 0 Å². The van der Waals surface area contributed by atoms with Crippen molar-refractivity contribution < 1.29 is 18.3 Å². The van der Waals surface area contributed by atoms with Gasteiger partial charge in [-0.15, -0.1) is 0 Å². The maximum atomic E-state index is 12.6. The standard InChI is InChI=1S/C15H20F3NO/c16-15(17,18)13-3-1-2-12(8-13)9-19-14-6-4-11(10-20)5-7-14/h1-3,8,11,14,19-20H,4-7,9-10H2. The number of nitrogens with one attached hydrogen (secondary N) is 1. The fraction of sp³-hybridized carbons (Fsp3) is 0.600. The molecule has 0 aliphatic heterocycles. The van der Waals surface area contributed by atoms with Crippen LogP contribution in [0.4, 0.5) is 13.2 Å². The van der Waals surface area contributed by atoms with Crippen molar-refractivity contribution in [3.05, 3.63) is 35.4 Å². The van der Waals surface area contributed by atoms with E-state index >= 15 is 0 Å². The highest BCUT2D eigenvalue weighted by Crippen LogP contribution is 2.29. The second kappa shape index (κ2) is 6.59. The quantitative estimate of drug-likeness (QED) is 0.890. The first-order valence-electron chi connectivity index (χ1n) is 6.99.